The van der Waals surface area contributed by atoms with Crippen LogP contribution in [0.4, 0.5) is 0 Å². The lowest BCUT2D eigenvalue weighted by molar-refractivity contribution is 1.77. The highest BCUT2D eigenvalue weighted by Crippen LogP contribution is 2.26. The van der Waals surface area contributed by atoms with Gasteiger partial charge in [0.1, 0.15) is 0 Å². The lowest BCUT2D eigenvalue weighted by Gasteiger charge is -1.89. The van der Waals surface area contributed by atoms with Crippen LogP contribution in [0.25, 0.3) is 16.2 Å². The van der Waals surface area contributed by atoms with E-state index in [-0.39, 0.29) is 0 Å². The minimum atomic E-state index is 1.33. The second-order valence-electron chi connectivity index (χ2n) is 2.69. The average molecular weight is 174 g/mol. The summed E-state index contributed by atoms with van der Waals surface area (Å²) in [4.78, 5) is 0. The maximum absolute atomic E-state index is 2.20. The van der Waals surface area contributed by atoms with Crippen LogP contribution in [0, 0.1) is 0 Å². The molecule has 0 fully saturated rings. The molecule has 2 aromatic rings. The van der Waals surface area contributed by atoms with Gasteiger partial charge in [0.05, 0.1) is 0 Å². The van der Waals surface area contributed by atoms with Crippen LogP contribution < -0.4 is 0 Å². The SMILES string of the molecule is C/C=C/c1csc2ccccc12. The Bertz CT molecular complexity index is 410. The molecule has 0 unspecified atom stereocenters. The second-order valence-corrected chi connectivity index (χ2v) is 3.60. The number of hydrogen-bond acceptors (Lipinski definition) is 1. The summed E-state index contributed by atoms with van der Waals surface area (Å²) in [6.07, 6.45) is 4.23. The van der Waals surface area contributed by atoms with Crippen LogP contribution in [0.5, 0.6) is 0 Å². The molecule has 0 atom stereocenters. The van der Waals surface area contributed by atoms with E-state index in [1.54, 1.807) is 11.3 Å². The van der Waals surface area contributed by atoms with Crippen LogP contribution in [0.3, 0.4) is 0 Å². The van der Waals surface area contributed by atoms with Gasteiger partial charge in [-0.1, -0.05) is 30.4 Å². The Morgan fingerprint density at radius 2 is 2.08 bits per heavy atom. The van der Waals surface area contributed by atoms with Crippen LogP contribution in [0.2, 0.25) is 0 Å². The standard InChI is InChI=1S/C11H10S/c1-2-5-9-8-12-11-7-4-3-6-10(9)11/h2-8H,1H3/b5-2+. The monoisotopic (exact) mass is 174 g/mol. The van der Waals surface area contributed by atoms with Crippen molar-refractivity contribution < 1.29 is 0 Å². The van der Waals surface area contributed by atoms with E-state index < -0.39 is 0 Å². The molecule has 0 aliphatic carbocycles. The van der Waals surface area contributed by atoms with Crippen LogP contribution in [0.1, 0.15) is 12.5 Å². The van der Waals surface area contributed by atoms with E-state index in [0.29, 0.717) is 0 Å². The zero-order chi connectivity index (χ0) is 8.39. The van der Waals surface area contributed by atoms with Crippen molar-refractivity contribution in [1.29, 1.82) is 0 Å². The van der Waals surface area contributed by atoms with Crippen LogP contribution >= 0.6 is 11.3 Å². The maximum Gasteiger partial charge on any atom is 0.0348 e. The van der Waals surface area contributed by atoms with E-state index in [9.17, 15) is 0 Å². The molecular weight excluding hydrogens is 164 g/mol. The summed E-state index contributed by atoms with van der Waals surface area (Å²) in [6.45, 7) is 2.05. The van der Waals surface area contributed by atoms with Crippen LogP contribution in [-0.4, -0.2) is 0 Å². The highest BCUT2D eigenvalue weighted by molar-refractivity contribution is 7.17. The quantitative estimate of drug-likeness (QED) is 0.614. The lowest BCUT2D eigenvalue weighted by Crippen LogP contribution is -1.65. The normalized spacial score (nSPS) is 11.4. The summed E-state index contributed by atoms with van der Waals surface area (Å²) in [5.74, 6) is 0. The first kappa shape index (κ1) is 7.56. The predicted molar refractivity (Wildman–Crippen MR) is 56.5 cm³/mol. The zero-order valence-electron chi connectivity index (χ0n) is 6.95. The summed E-state index contributed by atoms with van der Waals surface area (Å²) in [6, 6.07) is 8.49. The van der Waals surface area contributed by atoms with Gasteiger partial charge in [-0.15, -0.1) is 11.3 Å². The highest BCUT2D eigenvalue weighted by Gasteiger charge is 1.97. The number of benzene rings is 1. The van der Waals surface area contributed by atoms with Crippen molar-refractivity contribution >= 4 is 27.5 Å². The molecule has 0 aliphatic heterocycles. The third-order valence-corrected chi connectivity index (χ3v) is 2.84. The second kappa shape index (κ2) is 3.11. The molecule has 0 spiro atoms. The Hall–Kier alpha value is -1.08. The molecule has 1 heteroatoms. The van der Waals surface area contributed by atoms with Crippen molar-refractivity contribution in [2.75, 3.05) is 0 Å². The average Bonchev–Trinajstić information content (AvgIpc) is 2.50. The Kier molecular flexibility index (Phi) is 1.96. The summed E-state index contributed by atoms with van der Waals surface area (Å²) in [5, 5.41) is 3.56. The molecule has 1 heterocycles. The Morgan fingerprint density at radius 1 is 1.25 bits per heavy atom. The Morgan fingerprint density at radius 3 is 2.92 bits per heavy atom. The summed E-state index contributed by atoms with van der Waals surface area (Å²) < 4.78 is 1.37. The van der Waals surface area contributed by atoms with Gasteiger partial charge in [-0.25, -0.2) is 0 Å². The molecule has 0 saturated heterocycles. The molecule has 0 bridgehead atoms. The van der Waals surface area contributed by atoms with E-state index in [4.69, 9.17) is 0 Å². The predicted octanol–water partition coefficient (Wildman–Crippen LogP) is 3.93. The van der Waals surface area contributed by atoms with E-state index in [2.05, 4.69) is 41.8 Å². The van der Waals surface area contributed by atoms with Crippen molar-refractivity contribution in [2.45, 2.75) is 6.92 Å². The Labute approximate surface area is 76.2 Å². The van der Waals surface area contributed by atoms with E-state index in [1.165, 1.54) is 15.6 Å². The van der Waals surface area contributed by atoms with Gasteiger partial charge in [0.2, 0.25) is 0 Å². The maximum atomic E-state index is 2.20. The number of rotatable bonds is 1. The fraction of sp³-hybridized carbons (Fsp3) is 0.0909. The molecule has 0 amide bonds. The molecule has 12 heavy (non-hydrogen) atoms. The largest absolute Gasteiger partial charge is 0.143 e. The molecule has 0 radical (unpaired) electrons. The minimum absolute atomic E-state index is 1.33. The molecule has 0 aliphatic rings. The van der Waals surface area contributed by atoms with Crippen molar-refractivity contribution in [3.8, 4) is 0 Å². The zero-order valence-corrected chi connectivity index (χ0v) is 7.77. The number of thiophene rings is 1. The molecule has 0 saturated carbocycles. The summed E-state index contributed by atoms with van der Waals surface area (Å²) in [5.41, 5.74) is 1.33. The first-order chi connectivity index (χ1) is 5.92. The van der Waals surface area contributed by atoms with Gasteiger partial charge >= 0.3 is 0 Å². The van der Waals surface area contributed by atoms with Crippen LogP contribution in [0.15, 0.2) is 35.7 Å². The van der Waals surface area contributed by atoms with Crippen molar-refractivity contribution in [3.63, 3.8) is 0 Å². The van der Waals surface area contributed by atoms with E-state index >= 15 is 0 Å². The van der Waals surface area contributed by atoms with Gasteiger partial charge in [-0.05, 0) is 29.3 Å². The summed E-state index contributed by atoms with van der Waals surface area (Å²) >= 11 is 1.80. The number of hydrogen-bond donors (Lipinski definition) is 0. The highest BCUT2D eigenvalue weighted by atomic mass is 32.1. The number of fused-ring (bicyclic) bond motifs is 1. The molecule has 1 aromatic heterocycles. The fourth-order valence-electron chi connectivity index (χ4n) is 1.31. The molecule has 60 valence electrons. The fourth-order valence-corrected chi connectivity index (χ4v) is 2.24. The molecule has 1 aromatic carbocycles. The minimum Gasteiger partial charge on any atom is -0.143 e. The lowest BCUT2D eigenvalue weighted by atomic mass is 10.2. The third-order valence-electron chi connectivity index (χ3n) is 1.86. The summed E-state index contributed by atoms with van der Waals surface area (Å²) in [7, 11) is 0. The third kappa shape index (κ3) is 1.16. The van der Waals surface area contributed by atoms with Crippen molar-refractivity contribution in [3.05, 3.63) is 41.3 Å². The van der Waals surface area contributed by atoms with E-state index in [1.807, 2.05) is 6.92 Å². The van der Waals surface area contributed by atoms with E-state index in [0.717, 1.165) is 0 Å². The van der Waals surface area contributed by atoms with Gasteiger partial charge in [0, 0.05) is 4.70 Å². The van der Waals surface area contributed by atoms with Gasteiger partial charge in [-0.3, -0.25) is 0 Å². The van der Waals surface area contributed by atoms with Gasteiger partial charge in [0.25, 0.3) is 0 Å². The molecular formula is C11H10S. The topological polar surface area (TPSA) is 0 Å². The number of allylic oxidation sites excluding steroid dienone is 1. The molecule has 2 rings (SSSR count). The molecule has 0 nitrogen and oxygen atoms in total. The van der Waals surface area contributed by atoms with Gasteiger partial charge < -0.3 is 0 Å². The van der Waals surface area contributed by atoms with Crippen molar-refractivity contribution in [2.24, 2.45) is 0 Å². The van der Waals surface area contributed by atoms with Gasteiger partial charge in [0.15, 0.2) is 0 Å². The van der Waals surface area contributed by atoms with Crippen LogP contribution in [-0.2, 0) is 0 Å². The smallest absolute Gasteiger partial charge is 0.0348 e. The Balaban J connectivity index is 2.70. The van der Waals surface area contributed by atoms with Crippen molar-refractivity contribution in [1.82, 2.24) is 0 Å². The van der Waals surface area contributed by atoms with Gasteiger partial charge in [-0.2, -0.15) is 0 Å². The molecule has 0 N–H and O–H groups in total. The first-order valence-electron chi connectivity index (χ1n) is 4.01. The first-order valence-corrected chi connectivity index (χ1v) is 4.88.